The number of nitrogens with one attached hydrogen (secondary N) is 2. The highest BCUT2D eigenvalue weighted by Gasteiger charge is 2.13. The molecule has 2 aliphatic rings. The van der Waals surface area contributed by atoms with E-state index < -0.39 is 0 Å². The van der Waals surface area contributed by atoms with Gasteiger partial charge in [0.15, 0.2) is 0 Å². The van der Waals surface area contributed by atoms with Crippen LogP contribution >= 0.6 is 0 Å². The van der Waals surface area contributed by atoms with Gasteiger partial charge in [0.25, 0.3) is 0 Å². The van der Waals surface area contributed by atoms with Crippen LogP contribution in [0.4, 0.5) is 0 Å². The van der Waals surface area contributed by atoms with Crippen LogP contribution in [0.2, 0.25) is 0 Å². The predicted molar refractivity (Wildman–Crippen MR) is 77.7 cm³/mol. The van der Waals surface area contributed by atoms with E-state index in [2.05, 4.69) is 10.6 Å². The number of morpholine rings is 2. The van der Waals surface area contributed by atoms with Crippen LogP contribution in [-0.4, -0.2) is 91.2 Å². The van der Waals surface area contributed by atoms with E-state index in [0.29, 0.717) is 39.6 Å². The molecule has 21 heavy (non-hydrogen) atoms. The van der Waals surface area contributed by atoms with Gasteiger partial charge in [-0.25, -0.2) is 0 Å². The average molecular weight is 304 g/mol. The summed E-state index contributed by atoms with van der Waals surface area (Å²) < 4.78 is 27.5. The summed E-state index contributed by atoms with van der Waals surface area (Å²) in [5, 5.41) is 6.54. The van der Waals surface area contributed by atoms with Gasteiger partial charge < -0.3 is 34.3 Å². The fraction of sp³-hybridized carbons (Fsp3) is 1.00. The summed E-state index contributed by atoms with van der Waals surface area (Å²) in [6, 6.07) is 0. The van der Waals surface area contributed by atoms with Crippen molar-refractivity contribution >= 4 is 0 Å². The summed E-state index contributed by atoms with van der Waals surface area (Å²) in [5.41, 5.74) is 0. The summed E-state index contributed by atoms with van der Waals surface area (Å²) >= 11 is 0. The predicted octanol–water partition coefficient (Wildman–Crippen LogP) is -0.987. The Morgan fingerprint density at radius 3 is 1.62 bits per heavy atom. The maximum absolute atomic E-state index is 5.53. The van der Waals surface area contributed by atoms with Crippen LogP contribution in [0.1, 0.15) is 0 Å². The monoisotopic (exact) mass is 304 g/mol. The average Bonchev–Trinajstić information content (AvgIpc) is 2.55. The van der Waals surface area contributed by atoms with Gasteiger partial charge in [0.05, 0.1) is 65.1 Å². The SMILES string of the molecule is C1CO[C@H](COCCOCCOC[C@@H]2CNCCO2)CN1. The van der Waals surface area contributed by atoms with Crippen LogP contribution < -0.4 is 10.6 Å². The molecule has 0 bridgehead atoms. The summed E-state index contributed by atoms with van der Waals surface area (Å²) in [4.78, 5) is 0. The fourth-order valence-electron chi connectivity index (χ4n) is 2.22. The van der Waals surface area contributed by atoms with Crippen LogP contribution in [-0.2, 0) is 23.7 Å². The molecular weight excluding hydrogens is 276 g/mol. The van der Waals surface area contributed by atoms with Gasteiger partial charge in [0.1, 0.15) is 0 Å². The normalized spacial score (nSPS) is 26.9. The third-order valence-electron chi connectivity index (χ3n) is 3.36. The molecule has 0 radical (unpaired) electrons. The Balaban J connectivity index is 1.30. The lowest BCUT2D eigenvalue weighted by Crippen LogP contribution is -2.41. The number of hydrogen-bond acceptors (Lipinski definition) is 7. The van der Waals surface area contributed by atoms with Gasteiger partial charge in [-0.05, 0) is 0 Å². The Labute approximate surface area is 126 Å². The lowest BCUT2D eigenvalue weighted by molar-refractivity contribution is -0.0566. The first kappa shape index (κ1) is 17.1. The zero-order valence-electron chi connectivity index (χ0n) is 12.7. The van der Waals surface area contributed by atoms with Crippen LogP contribution in [0.3, 0.4) is 0 Å². The molecule has 0 aromatic carbocycles. The molecule has 2 N–H and O–H groups in total. The van der Waals surface area contributed by atoms with Crippen LogP contribution in [0.5, 0.6) is 0 Å². The van der Waals surface area contributed by atoms with E-state index in [1.807, 2.05) is 0 Å². The van der Waals surface area contributed by atoms with E-state index in [4.69, 9.17) is 23.7 Å². The number of ether oxygens (including phenoxy) is 5. The van der Waals surface area contributed by atoms with Crippen molar-refractivity contribution in [2.45, 2.75) is 12.2 Å². The minimum Gasteiger partial charge on any atom is -0.377 e. The molecule has 0 aliphatic carbocycles. The van der Waals surface area contributed by atoms with Crippen molar-refractivity contribution in [1.29, 1.82) is 0 Å². The van der Waals surface area contributed by atoms with Crippen molar-refractivity contribution < 1.29 is 23.7 Å². The van der Waals surface area contributed by atoms with Crippen molar-refractivity contribution in [1.82, 2.24) is 10.6 Å². The largest absolute Gasteiger partial charge is 0.377 e. The smallest absolute Gasteiger partial charge is 0.0933 e. The molecule has 2 saturated heterocycles. The fourth-order valence-corrected chi connectivity index (χ4v) is 2.22. The number of hydrogen-bond donors (Lipinski definition) is 2. The third kappa shape index (κ3) is 8.06. The van der Waals surface area contributed by atoms with Crippen molar-refractivity contribution in [2.75, 3.05) is 79.0 Å². The minimum atomic E-state index is 0.172. The summed E-state index contributed by atoms with van der Waals surface area (Å²) in [6.45, 7) is 8.74. The molecule has 7 heteroatoms. The van der Waals surface area contributed by atoms with Gasteiger partial charge in [0, 0.05) is 26.2 Å². The van der Waals surface area contributed by atoms with Crippen LogP contribution in [0, 0.1) is 0 Å². The molecule has 2 fully saturated rings. The molecular formula is C14H28N2O5. The topological polar surface area (TPSA) is 70.2 Å². The summed E-state index contributed by atoms with van der Waals surface area (Å²) in [6.07, 6.45) is 0.345. The molecule has 2 aliphatic heterocycles. The zero-order valence-corrected chi connectivity index (χ0v) is 12.7. The highest BCUT2D eigenvalue weighted by molar-refractivity contribution is 4.66. The Morgan fingerprint density at radius 2 is 1.19 bits per heavy atom. The van der Waals surface area contributed by atoms with Crippen molar-refractivity contribution in [2.24, 2.45) is 0 Å². The van der Waals surface area contributed by atoms with Gasteiger partial charge in [-0.3, -0.25) is 0 Å². The molecule has 0 unspecified atom stereocenters. The van der Waals surface area contributed by atoms with Crippen LogP contribution in [0.25, 0.3) is 0 Å². The van der Waals surface area contributed by atoms with Crippen molar-refractivity contribution in [3.63, 3.8) is 0 Å². The molecule has 0 amide bonds. The Kier molecular flexibility index (Phi) is 9.20. The highest BCUT2D eigenvalue weighted by Crippen LogP contribution is 1.97. The maximum atomic E-state index is 5.53. The quantitative estimate of drug-likeness (QED) is 0.502. The van der Waals surface area contributed by atoms with E-state index in [0.717, 1.165) is 39.4 Å². The Hall–Kier alpha value is -0.280. The van der Waals surface area contributed by atoms with Crippen LogP contribution in [0.15, 0.2) is 0 Å². The first-order valence-electron chi connectivity index (χ1n) is 7.83. The van der Waals surface area contributed by atoms with Gasteiger partial charge >= 0.3 is 0 Å². The lowest BCUT2D eigenvalue weighted by Gasteiger charge is -2.23. The standard InChI is InChI=1S/C14H28N2O5/c1-3-20-13(9-15-1)11-18-7-5-17-6-8-19-12-14-10-16-2-4-21-14/h13-16H,1-12H2/t13-,14-/m0/s1. The second-order valence-corrected chi connectivity index (χ2v) is 5.16. The molecule has 2 atom stereocenters. The Bertz CT molecular complexity index is 222. The zero-order chi connectivity index (χ0) is 14.6. The first-order chi connectivity index (χ1) is 10.4. The second-order valence-electron chi connectivity index (χ2n) is 5.16. The molecule has 2 rings (SSSR count). The van der Waals surface area contributed by atoms with Crippen molar-refractivity contribution in [3.8, 4) is 0 Å². The molecule has 0 saturated carbocycles. The summed E-state index contributed by atoms with van der Waals surface area (Å²) in [5.74, 6) is 0. The maximum Gasteiger partial charge on any atom is 0.0933 e. The molecule has 124 valence electrons. The van der Waals surface area contributed by atoms with Crippen molar-refractivity contribution in [3.05, 3.63) is 0 Å². The minimum absolute atomic E-state index is 0.172. The lowest BCUT2D eigenvalue weighted by atomic mass is 10.3. The first-order valence-corrected chi connectivity index (χ1v) is 7.83. The Morgan fingerprint density at radius 1 is 0.714 bits per heavy atom. The van der Waals surface area contributed by atoms with E-state index in [9.17, 15) is 0 Å². The third-order valence-corrected chi connectivity index (χ3v) is 3.36. The van der Waals surface area contributed by atoms with E-state index in [-0.39, 0.29) is 12.2 Å². The highest BCUT2D eigenvalue weighted by atomic mass is 16.6. The molecule has 0 aromatic heterocycles. The van der Waals surface area contributed by atoms with Gasteiger partial charge in [-0.15, -0.1) is 0 Å². The van der Waals surface area contributed by atoms with E-state index in [1.54, 1.807) is 0 Å². The van der Waals surface area contributed by atoms with E-state index >= 15 is 0 Å². The van der Waals surface area contributed by atoms with Gasteiger partial charge in [-0.1, -0.05) is 0 Å². The molecule has 7 nitrogen and oxygen atoms in total. The molecule has 2 heterocycles. The summed E-state index contributed by atoms with van der Waals surface area (Å²) in [7, 11) is 0. The molecule has 0 spiro atoms. The van der Waals surface area contributed by atoms with E-state index in [1.165, 1.54) is 0 Å². The number of rotatable bonds is 10. The van der Waals surface area contributed by atoms with Gasteiger partial charge in [0.2, 0.25) is 0 Å². The molecule has 0 aromatic rings. The van der Waals surface area contributed by atoms with Gasteiger partial charge in [-0.2, -0.15) is 0 Å². The second kappa shape index (κ2) is 11.3.